The van der Waals surface area contributed by atoms with Crippen molar-refractivity contribution in [3.63, 3.8) is 0 Å². The second-order valence-corrected chi connectivity index (χ2v) is 8.13. The third-order valence-corrected chi connectivity index (χ3v) is 6.05. The number of rotatable bonds is 7. The van der Waals surface area contributed by atoms with Crippen molar-refractivity contribution in [2.45, 2.75) is 11.3 Å². The van der Waals surface area contributed by atoms with Crippen molar-refractivity contribution in [2.75, 3.05) is 17.9 Å². The first kappa shape index (κ1) is 19.6. The number of pyridine rings is 1. The van der Waals surface area contributed by atoms with Gasteiger partial charge >= 0.3 is 0 Å². The van der Waals surface area contributed by atoms with Crippen LogP contribution in [0, 0.1) is 0 Å². The number of aromatic nitrogens is 1. The number of carbonyl (C=O) groups is 1. The van der Waals surface area contributed by atoms with Gasteiger partial charge in [-0.2, -0.15) is 0 Å². The molecule has 0 radical (unpaired) electrons. The Morgan fingerprint density at radius 1 is 1.00 bits per heavy atom. The molecule has 1 N–H and O–H groups in total. The van der Waals surface area contributed by atoms with Gasteiger partial charge in [-0.15, -0.1) is 0 Å². The first-order valence-electron chi connectivity index (χ1n) is 8.80. The van der Waals surface area contributed by atoms with Crippen molar-refractivity contribution < 1.29 is 13.2 Å². The fourth-order valence-electron chi connectivity index (χ4n) is 2.68. The summed E-state index contributed by atoms with van der Waals surface area (Å²) in [6, 6.07) is 20.4. The summed E-state index contributed by atoms with van der Waals surface area (Å²) < 4.78 is 27.0. The summed E-state index contributed by atoms with van der Waals surface area (Å²) in [6.45, 7) is 0.413. The van der Waals surface area contributed by atoms with E-state index < -0.39 is 10.0 Å². The van der Waals surface area contributed by atoms with Gasteiger partial charge in [-0.1, -0.05) is 30.3 Å². The Balaban J connectivity index is 1.71. The molecule has 0 saturated heterocycles. The van der Waals surface area contributed by atoms with Crippen molar-refractivity contribution in [1.82, 2.24) is 10.3 Å². The fourth-order valence-corrected chi connectivity index (χ4v) is 3.93. The largest absolute Gasteiger partial charge is 0.352 e. The maximum atomic E-state index is 12.9. The first-order chi connectivity index (χ1) is 13.5. The van der Waals surface area contributed by atoms with Gasteiger partial charge in [-0.3, -0.25) is 14.1 Å². The number of nitrogens with zero attached hydrogens (tertiary/aromatic N) is 2. The molecule has 1 aromatic heterocycles. The molecule has 3 aromatic rings. The van der Waals surface area contributed by atoms with Gasteiger partial charge in [0.2, 0.25) is 0 Å². The van der Waals surface area contributed by atoms with Gasteiger partial charge < -0.3 is 5.32 Å². The second kappa shape index (κ2) is 8.67. The molecule has 0 atom stereocenters. The zero-order valence-corrected chi connectivity index (χ0v) is 16.3. The van der Waals surface area contributed by atoms with Gasteiger partial charge in [0, 0.05) is 37.5 Å². The van der Waals surface area contributed by atoms with E-state index in [2.05, 4.69) is 10.3 Å². The van der Waals surface area contributed by atoms with Gasteiger partial charge in [0.25, 0.3) is 15.9 Å². The molecule has 6 nitrogen and oxygen atoms in total. The molecule has 0 aliphatic rings. The van der Waals surface area contributed by atoms with Crippen LogP contribution in [0.5, 0.6) is 0 Å². The smallest absolute Gasteiger partial charge is 0.264 e. The molecule has 2 aromatic carbocycles. The molecule has 0 fully saturated rings. The third kappa shape index (κ3) is 4.55. The van der Waals surface area contributed by atoms with E-state index in [-0.39, 0.29) is 10.8 Å². The number of anilines is 1. The minimum Gasteiger partial charge on any atom is -0.352 e. The highest BCUT2D eigenvalue weighted by Crippen LogP contribution is 2.22. The number of amides is 1. The predicted molar refractivity (Wildman–Crippen MR) is 109 cm³/mol. The van der Waals surface area contributed by atoms with E-state index in [1.54, 1.807) is 42.6 Å². The third-order valence-electron chi connectivity index (χ3n) is 4.27. The van der Waals surface area contributed by atoms with Crippen LogP contribution in [-0.4, -0.2) is 32.9 Å². The van der Waals surface area contributed by atoms with E-state index in [0.717, 1.165) is 5.69 Å². The minimum absolute atomic E-state index is 0.0660. The molecule has 1 heterocycles. The van der Waals surface area contributed by atoms with Crippen LogP contribution >= 0.6 is 0 Å². The van der Waals surface area contributed by atoms with Crippen LogP contribution in [0.4, 0.5) is 5.69 Å². The number of hydrogen-bond acceptors (Lipinski definition) is 4. The lowest BCUT2D eigenvalue weighted by Crippen LogP contribution is -2.28. The van der Waals surface area contributed by atoms with E-state index in [1.807, 2.05) is 24.3 Å². The maximum Gasteiger partial charge on any atom is 0.264 e. The molecule has 144 valence electrons. The van der Waals surface area contributed by atoms with E-state index in [0.29, 0.717) is 24.2 Å². The monoisotopic (exact) mass is 395 g/mol. The Labute approximate surface area is 164 Å². The van der Waals surface area contributed by atoms with Crippen molar-refractivity contribution in [1.29, 1.82) is 0 Å². The number of benzene rings is 2. The van der Waals surface area contributed by atoms with Gasteiger partial charge in [-0.05, 0) is 42.5 Å². The summed E-state index contributed by atoms with van der Waals surface area (Å²) in [5.74, 6) is -0.324. The fraction of sp³-hybridized carbons (Fsp3) is 0.143. The number of hydrogen-bond donors (Lipinski definition) is 1. The molecule has 3 rings (SSSR count). The van der Waals surface area contributed by atoms with Gasteiger partial charge in [0.1, 0.15) is 0 Å². The zero-order chi connectivity index (χ0) is 20.0. The normalized spacial score (nSPS) is 11.0. The van der Waals surface area contributed by atoms with E-state index >= 15 is 0 Å². The Kier molecular flexibility index (Phi) is 6.06. The highest BCUT2D eigenvalue weighted by atomic mass is 32.2. The summed E-state index contributed by atoms with van der Waals surface area (Å²) >= 11 is 0. The lowest BCUT2D eigenvalue weighted by atomic mass is 10.2. The molecule has 0 spiro atoms. The number of para-hydroxylation sites is 1. The summed E-state index contributed by atoms with van der Waals surface area (Å²) in [5, 5.41) is 2.80. The molecule has 0 bridgehead atoms. The average molecular weight is 395 g/mol. The van der Waals surface area contributed by atoms with Gasteiger partial charge in [0.15, 0.2) is 0 Å². The van der Waals surface area contributed by atoms with Crippen molar-refractivity contribution >= 4 is 21.6 Å². The lowest BCUT2D eigenvalue weighted by molar-refractivity contribution is 0.0954. The summed E-state index contributed by atoms with van der Waals surface area (Å²) in [7, 11) is -2.28. The molecule has 0 saturated carbocycles. The Morgan fingerprint density at radius 2 is 1.75 bits per heavy atom. The molecule has 28 heavy (non-hydrogen) atoms. The molecule has 0 aliphatic heterocycles. The molecule has 1 amide bonds. The highest BCUT2D eigenvalue weighted by molar-refractivity contribution is 7.92. The second-order valence-electron chi connectivity index (χ2n) is 6.16. The van der Waals surface area contributed by atoms with Crippen molar-refractivity contribution in [3.05, 3.63) is 90.3 Å². The average Bonchev–Trinajstić information content (AvgIpc) is 2.74. The van der Waals surface area contributed by atoms with Crippen LogP contribution in [0.3, 0.4) is 0 Å². The summed E-state index contributed by atoms with van der Waals surface area (Å²) in [4.78, 5) is 16.7. The zero-order valence-electron chi connectivity index (χ0n) is 15.4. The SMILES string of the molecule is CN(c1ccccc1)S(=O)(=O)c1cccc(C(=O)NCCc2ccccn2)c1. The van der Waals surface area contributed by atoms with Crippen molar-refractivity contribution in [3.8, 4) is 0 Å². The van der Waals surface area contributed by atoms with Gasteiger partial charge in [0.05, 0.1) is 10.6 Å². The molecule has 7 heteroatoms. The molecule has 0 unspecified atom stereocenters. The minimum atomic E-state index is -3.77. The standard InChI is InChI=1S/C21H21N3O3S/c1-24(19-10-3-2-4-11-19)28(26,27)20-12-7-8-17(16-20)21(25)23-15-13-18-9-5-6-14-22-18/h2-12,14,16H,13,15H2,1H3,(H,23,25). The lowest BCUT2D eigenvalue weighted by Gasteiger charge is -2.19. The number of sulfonamides is 1. The van der Waals surface area contributed by atoms with Crippen LogP contribution in [0.2, 0.25) is 0 Å². The van der Waals surface area contributed by atoms with Crippen LogP contribution in [0.1, 0.15) is 16.1 Å². The van der Waals surface area contributed by atoms with E-state index in [1.165, 1.54) is 23.5 Å². The molecular weight excluding hydrogens is 374 g/mol. The first-order valence-corrected chi connectivity index (χ1v) is 10.2. The van der Waals surface area contributed by atoms with Gasteiger partial charge in [-0.25, -0.2) is 8.42 Å². The van der Waals surface area contributed by atoms with Crippen LogP contribution in [0.15, 0.2) is 83.9 Å². The summed E-state index contributed by atoms with van der Waals surface area (Å²) in [5.41, 5.74) is 1.72. The highest BCUT2D eigenvalue weighted by Gasteiger charge is 2.22. The predicted octanol–water partition coefficient (Wildman–Crippen LogP) is 2.88. The van der Waals surface area contributed by atoms with E-state index in [9.17, 15) is 13.2 Å². The van der Waals surface area contributed by atoms with Crippen LogP contribution in [0.25, 0.3) is 0 Å². The number of nitrogens with one attached hydrogen (secondary N) is 1. The Morgan fingerprint density at radius 3 is 2.46 bits per heavy atom. The molecular formula is C21H21N3O3S. The van der Waals surface area contributed by atoms with E-state index in [4.69, 9.17) is 0 Å². The Bertz CT molecular complexity index is 1040. The quantitative estimate of drug-likeness (QED) is 0.667. The van der Waals surface area contributed by atoms with Crippen molar-refractivity contribution in [2.24, 2.45) is 0 Å². The Hall–Kier alpha value is -3.19. The van der Waals surface area contributed by atoms with Crippen LogP contribution < -0.4 is 9.62 Å². The van der Waals surface area contributed by atoms with Crippen LogP contribution in [-0.2, 0) is 16.4 Å². The summed E-state index contributed by atoms with van der Waals surface area (Å²) in [6.07, 6.45) is 2.30. The molecule has 0 aliphatic carbocycles. The number of carbonyl (C=O) groups excluding carboxylic acids is 1. The maximum absolute atomic E-state index is 12.9. The topological polar surface area (TPSA) is 79.4 Å².